The summed E-state index contributed by atoms with van der Waals surface area (Å²) in [5.74, 6) is 1.25. The molecule has 0 amide bonds. The first-order chi connectivity index (χ1) is 13.0. The molecule has 1 N–H and O–H groups in total. The second-order valence-corrected chi connectivity index (χ2v) is 7.16. The van der Waals surface area contributed by atoms with Gasteiger partial charge in [-0.2, -0.15) is 0 Å². The van der Waals surface area contributed by atoms with Crippen LogP contribution in [-0.2, 0) is 27.1 Å². The van der Waals surface area contributed by atoms with Crippen LogP contribution in [0.15, 0.2) is 39.0 Å². The highest BCUT2D eigenvalue weighted by Crippen LogP contribution is 2.22. The van der Waals surface area contributed by atoms with E-state index in [-0.39, 0.29) is 12.2 Å². The summed E-state index contributed by atoms with van der Waals surface area (Å²) in [5.41, 5.74) is 1.07. The smallest absolute Gasteiger partial charge is 0.332 e. The van der Waals surface area contributed by atoms with Gasteiger partial charge in [0.05, 0.1) is 13.7 Å². The van der Waals surface area contributed by atoms with Crippen molar-refractivity contribution in [3.8, 4) is 5.75 Å². The molecule has 27 heavy (non-hydrogen) atoms. The molecule has 0 aliphatic rings. The first-order valence-corrected chi connectivity index (χ1v) is 9.49. The molecule has 2 aromatic heterocycles. The molecule has 9 heteroatoms. The second kappa shape index (κ2) is 8.01. The van der Waals surface area contributed by atoms with Gasteiger partial charge in [-0.05, 0) is 24.1 Å². The molecule has 0 atom stereocenters. The predicted molar refractivity (Wildman–Crippen MR) is 105 cm³/mol. The summed E-state index contributed by atoms with van der Waals surface area (Å²) in [5, 5.41) is 9.77. The number of thioether (sulfide) groups is 1. The fourth-order valence-corrected chi connectivity index (χ4v) is 3.68. The average molecular weight is 390 g/mol. The molecule has 0 bridgehead atoms. The largest absolute Gasteiger partial charge is 0.497 e. The van der Waals surface area contributed by atoms with E-state index in [2.05, 4.69) is 4.98 Å². The number of aliphatic hydroxyl groups excluding tert-OH is 1. The number of aliphatic hydroxyl groups is 1. The Morgan fingerprint density at radius 1 is 1.15 bits per heavy atom. The lowest BCUT2D eigenvalue weighted by Crippen LogP contribution is -2.37. The highest BCUT2D eigenvalue weighted by molar-refractivity contribution is 7.99. The number of aromatic nitrogens is 4. The van der Waals surface area contributed by atoms with Gasteiger partial charge >= 0.3 is 5.69 Å². The number of aryl methyl sites for hydroxylation is 3. The van der Waals surface area contributed by atoms with Gasteiger partial charge < -0.3 is 14.4 Å². The number of hydrogen-bond donors (Lipinski definition) is 1. The van der Waals surface area contributed by atoms with E-state index in [1.54, 1.807) is 14.2 Å². The Kier molecular flexibility index (Phi) is 5.71. The van der Waals surface area contributed by atoms with E-state index in [0.717, 1.165) is 15.9 Å². The Labute approximate surface area is 160 Å². The van der Waals surface area contributed by atoms with E-state index in [1.165, 1.54) is 23.4 Å². The van der Waals surface area contributed by atoms with Crippen molar-refractivity contribution in [1.82, 2.24) is 18.7 Å². The molecule has 2 heterocycles. The third-order valence-corrected chi connectivity index (χ3v) is 5.38. The first-order valence-electron chi connectivity index (χ1n) is 8.50. The third kappa shape index (κ3) is 3.65. The number of ether oxygens (including phenoxy) is 1. The number of hydrogen-bond acceptors (Lipinski definition) is 6. The molecule has 0 aliphatic heterocycles. The summed E-state index contributed by atoms with van der Waals surface area (Å²) in [6.07, 6.45) is 0.689. The molecular weight excluding hydrogens is 368 g/mol. The second-order valence-electron chi connectivity index (χ2n) is 6.09. The van der Waals surface area contributed by atoms with Crippen molar-refractivity contribution in [3.05, 3.63) is 50.7 Å². The Morgan fingerprint density at radius 3 is 2.48 bits per heavy atom. The Bertz CT molecular complexity index is 1070. The quantitative estimate of drug-likeness (QED) is 0.599. The van der Waals surface area contributed by atoms with Crippen LogP contribution < -0.4 is 16.0 Å². The van der Waals surface area contributed by atoms with Crippen LogP contribution in [-0.4, -0.2) is 43.3 Å². The molecule has 8 nitrogen and oxygen atoms in total. The van der Waals surface area contributed by atoms with Crippen LogP contribution in [0.1, 0.15) is 5.56 Å². The lowest BCUT2D eigenvalue weighted by atomic mass is 10.1. The zero-order valence-electron chi connectivity index (χ0n) is 15.5. The number of rotatable bonds is 7. The van der Waals surface area contributed by atoms with Crippen molar-refractivity contribution >= 4 is 22.9 Å². The maximum Gasteiger partial charge on any atom is 0.332 e. The van der Waals surface area contributed by atoms with E-state index >= 15 is 0 Å². The summed E-state index contributed by atoms with van der Waals surface area (Å²) in [6, 6.07) is 7.75. The lowest BCUT2D eigenvalue weighted by molar-refractivity contribution is 0.322. The van der Waals surface area contributed by atoms with Gasteiger partial charge in [0, 0.05) is 26.4 Å². The van der Waals surface area contributed by atoms with Crippen LogP contribution in [0.4, 0.5) is 0 Å². The van der Waals surface area contributed by atoms with Crippen molar-refractivity contribution in [2.45, 2.75) is 18.1 Å². The normalized spacial score (nSPS) is 11.3. The molecule has 0 fully saturated rings. The zero-order valence-corrected chi connectivity index (χ0v) is 16.3. The van der Waals surface area contributed by atoms with E-state index in [1.807, 2.05) is 28.8 Å². The van der Waals surface area contributed by atoms with Crippen molar-refractivity contribution in [2.24, 2.45) is 14.1 Å². The van der Waals surface area contributed by atoms with Gasteiger partial charge in [-0.3, -0.25) is 13.9 Å². The Balaban J connectivity index is 2.05. The van der Waals surface area contributed by atoms with E-state index in [9.17, 15) is 9.59 Å². The number of nitrogens with zero attached hydrogens (tertiary/aromatic N) is 4. The highest BCUT2D eigenvalue weighted by Gasteiger charge is 2.19. The van der Waals surface area contributed by atoms with Gasteiger partial charge in [0.25, 0.3) is 5.56 Å². The molecular formula is C18H22N4O4S. The molecule has 0 spiro atoms. The summed E-state index contributed by atoms with van der Waals surface area (Å²) < 4.78 is 9.48. The molecule has 0 aliphatic carbocycles. The van der Waals surface area contributed by atoms with E-state index in [0.29, 0.717) is 35.0 Å². The topological polar surface area (TPSA) is 91.3 Å². The van der Waals surface area contributed by atoms with Crippen LogP contribution >= 0.6 is 11.8 Å². The standard InChI is InChI=1S/C18H22N4O4S/c1-20-15-14(16(24)21(2)18(20)25)22(17(19-15)27-11-10-23)9-8-12-4-6-13(26-3)7-5-12/h4-7,23H,8-11H2,1-3H3. The molecule has 3 rings (SSSR count). The summed E-state index contributed by atoms with van der Waals surface area (Å²) in [6.45, 7) is 0.535. The first kappa shape index (κ1) is 19.2. The molecule has 144 valence electrons. The lowest BCUT2D eigenvalue weighted by Gasteiger charge is -2.10. The van der Waals surface area contributed by atoms with Crippen molar-refractivity contribution in [2.75, 3.05) is 19.5 Å². The maximum atomic E-state index is 12.7. The summed E-state index contributed by atoms with van der Waals surface area (Å²) >= 11 is 1.36. The number of fused-ring (bicyclic) bond motifs is 1. The van der Waals surface area contributed by atoms with Crippen molar-refractivity contribution < 1.29 is 9.84 Å². The molecule has 0 unspecified atom stereocenters. The summed E-state index contributed by atoms with van der Waals surface area (Å²) in [7, 11) is 4.69. The minimum absolute atomic E-state index is 0.00327. The molecule has 3 aromatic rings. The predicted octanol–water partition coefficient (Wildman–Crippen LogP) is 0.769. The summed E-state index contributed by atoms with van der Waals surface area (Å²) in [4.78, 5) is 29.4. The molecule has 0 saturated carbocycles. The highest BCUT2D eigenvalue weighted by atomic mass is 32.2. The number of methoxy groups -OCH3 is 1. The van der Waals surface area contributed by atoms with E-state index in [4.69, 9.17) is 9.84 Å². The minimum Gasteiger partial charge on any atom is -0.497 e. The fraction of sp³-hybridized carbons (Fsp3) is 0.389. The Morgan fingerprint density at radius 2 is 1.85 bits per heavy atom. The van der Waals surface area contributed by atoms with Crippen molar-refractivity contribution in [3.63, 3.8) is 0 Å². The van der Waals surface area contributed by atoms with Crippen LogP contribution in [0, 0.1) is 0 Å². The fourth-order valence-electron chi connectivity index (χ4n) is 2.91. The van der Waals surface area contributed by atoms with Crippen LogP contribution in [0.3, 0.4) is 0 Å². The van der Waals surface area contributed by atoms with Gasteiger partial charge in [0.2, 0.25) is 0 Å². The average Bonchev–Trinajstić information content (AvgIpc) is 3.06. The van der Waals surface area contributed by atoms with Gasteiger partial charge in [0.1, 0.15) is 5.75 Å². The maximum absolute atomic E-state index is 12.7. The Hall–Kier alpha value is -2.52. The monoisotopic (exact) mass is 390 g/mol. The van der Waals surface area contributed by atoms with Gasteiger partial charge in [0.15, 0.2) is 16.3 Å². The van der Waals surface area contributed by atoms with Crippen LogP contribution in [0.25, 0.3) is 11.2 Å². The van der Waals surface area contributed by atoms with Gasteiger partial charge in [-0.15, -0.1) is 0 Å². The number of benzene rings is 1. The molecule has 0 radical (unpaired) electrons. The molecule has 0 saturated heterocycles. The van der Waals surface area contributed by atoms with Crippen LogP contribution in [0.5, 0.6) is 5.75 Å². The van der Waals surface area contributed by atoms with E-state index < -0.39 is 5.69 Å². The third-order valence-electron chi connectivity index (χ3n) is 4.42. The van der Waals surface area contributed by atoms with Gasteiger partial charge in [-0.25, -0.2) is 9.78 Å². The molecule has 1 aromatic carbocycles. The van der Waals surface area contributed by atoms with Gasteiger partial charge in [-0.1, -0.05) is 23.9 Å². The minimum atomic E-state index is -0.411. The SMILES string of the molecule is COc1ccc(CCn2c(SCCO)nc3c2c(=O)n(C)c(=O)n3C)cc1. The zero-order chi connectivity index (χ0) is 19.6. The number of imidazole rings is 1. The van der Waals surface area contributed by atoms with Crippen LogP contribution in [0.2, 0.25) is 0 Å². The van der Waals surface area contributed by atoms with Crippen molar-refractivity contribution in [1.29, 1.82) is 0 Å².